The van der Waals surface area contributed by atoms with Crippen LogP contribution in [0.3, 0.4) is 0 Å². The van der Waals surface area contributed by atoms with Crippen molar-refractivity contribution in [3.63, 3.8) is 0 Å². The second-order valence-electron chi connectivity index (χ2n) is 5.66. The molecule has 0 aromatic heterocycles. The van der Waals surface area contributed by atoms with E-state index in [1.165, 1.54) is 6.07 Å². The zero-order chi connectivity index (χ0) is 19.2. The molecule has 0 atom stereocenters. The normalized spacial score (nSPS) is 11.1. The summed E-state index contributed by atoms with van der Waals surface area (Å²) in [7, 11) is 1.56. The number of hydrogen-bond donors (Lipinski definition) is 2. The van der Waals surface area contributed by atoms with Crippen LogP contribution in [0, 0.1) is 0 Å². The molecule has 27 heavy (non-hydrogen) atoms. The van der Waals surface area contributed by atoms with Crippen molar-refractivity contribution in [2.24, 2.45) is 5.10 Å². The van der Waals surface area contributed by atoms with Gasteiger partial charge in [-0.2, -0.15) is 5.10 Å². The highest BCUT2D eigenvalue weighted by molar-refractivity contribution is 6.31. The number of carbonyl (C=O) groups excluding carboxylic acids is 1. The van der Waals surface area contributed by atoms with E-state index in [4.69, 9.17) is 16.3 Å². The van der Waals surface area contributed by atoms with Crippen molar-refractivity contribution in [1.82, 2.24) is 5.43 Å². The molecule has 0 unspecified atom stereocenters. The summed E-state index contributed by atoms with van der Waals surface area (Å²) < 4.78 is 5.09. The van der Waals surface area contributed by atoms with E-state index in [9.17, 15) is 9.90 Å². The van der Waals surface area contributed by atoms with Crippen LogP contribution in [-0.2, 0) is 0 Å². The molecule has 0 fully saturated rings. The van der Waals surface area contributed by atoms with Gasteiger partial charge in [0, 0.05) is 21.7 Å². The number of hydrazone groups is 1. The Morgan fingerprint density at radius 2 is 1.70 bits per heavy atom. The number of methoxy groups -OCH3 is 1. The van der Waals surface area contributed by atoms with Crippen LogP contribution in [0.4, 0.5) is 0 Å². The number of benzene rings is 3. The summed E-state index contributed by atoms with van der Waals surface area (Å²) >= 11 is 6.07. The predicted octanol–water partition coefficient (Wildman–Crippen LogP) is 4.24. The zero-order valence-corrected chi connectivity index (χ0v) is 15.3. The third kappa shape index (κ3) is 4.46. The first-order valence-electron chi connectivity index (χ1n) is 8.15. The molecule has 0 saturated heterocycles. The number of aromatic hydroxyl groups is 1. The van der Waals surface area contributed by atoms with E-state index in [2.05, 4.69) is 10.5 Å². The van der Waals surface area contributed by atoms with Crippen molar-refractivity contribution in [3.05, 3.63) is 94.5 Å². The minimum absolute atomic E-state index is 0.0145. The Balaban J connectivity index is 1.95. The molecule has 3 rings (SSSR count). The van der Waals surface area contributed by atoms with Gasteiger partial charge in [-0.25, -0.2) is 5.43 Å². The smallest absolute Gasteiger partial charge is 0.271 e. The standard InChI is InChI=1S/C21H17ClN2O3/c1-27-17-10-7-15(8-11-17)21(26)24-23-20(14-5-3-2-4-6-14)18-13-16(22)9-12-19(18)25/h2-13,25H,1H3,(H,24,26)/b23-20+. The third-order valence-corrected chi connectivity index (χ3v) is 4.12. The summed E-state index contributed by atoms with van der Waals surface area (Å²) in [6.07, 6.45) is 0. The fourth-order valence-corrected chi connectivity index (χ4v) is 2.66. The van der Waals surface area contributed by atoms with Gasteiger partial charge in [-0.05, 0) is 42.5 Å². The predicted molar refractivity (Wildman–Crippen MR) is 106 cm³/mol. The Kier molecular flexibility index (Phi) is 5.74. The number of nitrogens with one attached hydrogen (secondary N) is 1. The molecule has 0 radical (unpaired) electrons. The third-order valence-electron chi connectivity index (χ3n) is 3.88. The lowest BCUT2D eigenvalue weighted by Crippen LogP contribution is -2.20. The molecule has 0 aliphatic heterocycles. The van der Waals surface area contributed by atoms with E-state index in [0.717, 1.165) is 5.56 Å². The number of hydrogen-bond acceptors (Lipinski definition) is 4. The molecule has 136 valence electrons. The second kappa shape index (κ2) is 8.38. The summed E-state index contributed by atoms with van der Waals surface area (Å²) in [5, 5.41) is 14.9. The first-order valence-corrected chi connectivity index (χ1v) is 8.52. The van der Waals surface area contributed by atoms with Crippen LogP contribution >= 0.6 is 11.6 Å². The summed E-state index contributed by atoms with van der Waals surface area (Å²) in [6, 6.07) is 20.6. The second-order valence-corrected chi connectivity index (χ2v) is 6.09. The molecule has 0 aliphatic carbocycles. The molecular weight excluding hydrogens is 364 g/mol. The lowest BCUT2D eigenvalue weighted by molar-refractivity contribution is 0.0955. The van der Waals surface area contributed by atoms with Crippen molar-refractivity contribution in [3.8, 4) is 11.5 Å². The fourth-order valence-electron chi connectivity index (χ4n) is 2.49. The number of phenols is 1. The number of carbonyl (C=O) groups is 1. The summed E-state index contributed by atoms with van der Waals surface area (Å²) in [4.78, 5) is 12.4. The zero-order valence-electron chi connectivity index (χ0n) is 14.5. The monoisotopic (exact) mass is 380 g/mol. The van der Waals surface area contributed by atoms with Crippen molar-refractivity contribution in [2.75, 3.05) is 7.11 Å². The molecule has 0 bridgehead atoms. The number of ether oxygens (including phenoxy) is 1. The maximum Gasteiger partial charge on any atom is 0.271 e. The van der Waals surface area contributed by atoms with Gasteiger partial charge in [0.2, 0.25) is 0 Å². The van der Waals surface area contributed by atoms with E-state index < -0.39 is 0 Å². The molecule has 0 saturated carbocycles. The van der Waals surface area contributed by atoms with Gasteiger partial charge in [0.15, 0.2) is 0 Å². The molecule has 6 heteroatoms. The van der Waals surface area contributed by atoms with Crippen LogP contribution in [0.2, 0.25) is 5.02 Å². The van der Waals surface area contributed by atoms with Crippen LogP contribution in [0.25, 0.3) is 0 Å². The Hall–Kier alpha value is -3.31. The number of phenolic OH excluding ortho intramolecular Hbond substituents is 1. The van der Waals surface area contributed by atoms with E-state index in [-0.39, 0.29) is 11.7 Å². The maximum atomic E-state index is 12.4. The Morgan fingerprint density at radius 1 is 1.00 bits per heavy atom. The quantitative estimate of drug-likeness (QED) is 0.513. The van der Waals surface area contributed by atoms with Gasteiger partial charge in [0.1, 0.15) is 17.2 Å². The molecule has 0 spiro atoms. The van der Waals surface area contributed by atoms with Gasteiger partial charge in [-0.3, -0.25) is 4.79 Å². The van der Waals surface area contributed by atoms with E-state index in [1.807, 2.05) is 30.3 Å². The van der Waals surface area contributed by atoms with Gasteiger partial charge in [0.05, 0.1) is 7.11 Å². The molecule has 3 aromatic carbocycles. The first-order chi connectivity index (χ1) is 13.1. The van der Waals surface area contributed by atoms with Crippen molar-refractivity contribution < 1.29 is 14.6 Å². The summed E-state index contributed by atoms with van der Waals surface area (Å²) in [5.74, 6) is 0.289. The van der Waals surface area contributed by atoms with Gasteiger partial charge in [-0.1, -0.05) is 41.9 Å². The molecular formula is C21H17ClN2O3. The van der Waals surface area contributed by atoms with Crippen molar-refractivity contribution in [1.29, 1.82) is 0 Å². The largest absolute Gasteiger partial charge is 0.507 e. The minimum Gasteiger partial charge on any atom is -0.507 e. The Bertz CT molecular complexity index is 970. The molecule has 1 amide bonds. The number of amides is 1. The van der Waals surface area contributed by atoms with Gasteiger partial charge in [0.25, 0.3) is 5.91 Å². The average Bonchev–Trinajstić information content (AvgIpc) is 2.71. The van der Waals surface area contributed by atoms with Gasteiger partial charge < -0.3 is 9.84 Å². The highest BCUT2D eigenvalue weighted by atomic mass is 35.5. The van der Waals surface area contributed by atoms with Crippen LogP contribution in [-0.4, -0.2) is 23.8 Å². The molecule has 5 nitrogen and oxygen atoms in total. The fraction of sp³-hybridized carbons (Fsp3) is 0.0476. The van der Waals surface area contributed by atoms with Crippen LogP contribution in [0.5, 0.6) is 11.5 Å². The van der Waals surface area contributed by atoms with Crippen molar-refractivity contribution >= 4 is 23.2 Å². The Labute approximate surface area is 161 Å². The lowest BCUT2D eigenvalue weighted by atomic mass is 10.0. The first kappa shape index (κ1) is 18.5. The van der Waals surface area contributed by atoms with Crippen LogP contribution in [0.1, 0.15) is 21.5 Å². The number of rotatable bonds is 5. The topological polar surface area (TPSA) is 70.9 Å². The van der Waals surface area contributed by atoms with Gasteiger partial charge >= 0.3 is 0 Å². The van der Waals surface area contributed by atoms with E-state index in [0.29, 0.717) is 27.6 Å². The molecule has 2 N–H and O–H groups in total. The van der Waals surface area contributed by atoms with Crippen LogP contribution in [0.15, 0.2) is 77.9 Å². The molecule has 0 aliphatic rings. The highest BCUT2D eigenvalue weighted by Crippen LogP contribution is 2.24. The number of halogens is 1. The van der Waals surface area contributed by atoms with Gasteiger partial charge in [-0.15, -0.1) is 0 Å². The summed E-state index contributed by atoms with van der Waals surface area (Å²) in [6.45, 7) is 0. The SMILES string of the molecule is COc1ccc(C(=O)N/N=C(\c2ccccc2)c2cc(Cl)ccc2O)cc1. The summed E-state index contributed by atoms with van der Waals surface area (Å²) in [5.41, 5.74) is 4.51. The molecule has 0 heterocycles. The molecule has 3 aromatic rings. The van der Waals surface area contributed by atoms with Crippen molar-refractivity contribution in [2.45, 2.75) is 0 Å². The average molecular weight is 381 g/mol. The van der Waals surface area contributed by atoms with E-state index >= 15 is 0 Å². The Morgan fingerprint density at radius 3 is 2.37 bits per heavy atom. The number of nitrogens with zero attached hydrogens (tertiary/aromatic N) is 1. The highest BCUT2D eigenvalue weighted by Gasteiger charge is 2.14. The lowest BCUT2D eigenvalue weighted by Gasteiger charge is -2.10. The van der Waals surface area contributed by atoms with Crippen LogP contribution < -0.4 is 10.2 Å². The maximum absolute atomic E-state index is 12.4. The van der Waals surface area contributed by atoms with E-state index in [1.54, 1.807) is 43.5 Å². The minimum atomic E-state index is -0.382.